The highest BCUT2D eigenvalue weighted by Gasteiger charge is 2.20. The third-order valence-electron chi connectivity index (χ3n) is 3.52. The average molecular weight is 366 g/mol. The Morgan fingerprint density at radius 3 is 2.60 bits per heavy atom. The molecule has 2 rings (SSSR count). The zero-order chi connectivity index (χ0) is 18.3. The third-order valence-corrected chi connectivity index (χ3v) is 4.66. The van der Waals surface area contributed by atoms with Crippen molar-refractivity contribution in [3.8, 4) is 5.75 Å². The highest BCUT2D eigenvalue weighted by atomic mass is 32.2. The quantitative estimate of drug-likeness (QED) is 0.665. The van der Waals surface area contributed by atoms with Gasteiger partial charge in [-0.15, -0.1) is 0 Å². The van der Waals surface area contributed by atoms with E-state index < -0.39 is 10.0 Å². The lowest BCUT2D eigenvalue weighted by atomic mass is 10.3. The molecule has 0 saturated carbocycles. The molecule has 0 aliphatic rings. The van der Waals surface area contributed by atoms with Crippen LogP contribution >= 0.6 is 0 Å². The summed E-state index contributed by atoms with van der Waals surface area (Å²) in [7, 11) is -2.05. The largest absolute Gasteiger partial charge is 0.497 e. The summed E-state index contributed by atoms with van der Waals surface area (Å²) in [5.74, 6) is 0.257. The highest BCUT2D eigenvalue weighted by molar-refractivity contribution is 7.92. The average Bonchev–Trinajstić information content (AvgIpc) is 3.09. The zero-order valence-corrected chi connectivity index (χ0v) is 15.1. The molecule has 1 aromatic heterocycles. The molecule has 0 atom stereocenters. The van der Waals surface area contributed by atoms with E-state index in [0.29, 0.717) is 18.0 Å². The minimum atomic E-state index is -3.58. The smallest absolute Gasteiger partial charge is 0.240 e. The van der Waals surface area contributed by atoms with Crippen molar-refractivity contribution in [2.24, 2.45) is 0 Å². The maximum atomic E-state index is 12.1. The second-order valence-corrected chi connectivity index (χ2v) is 7.38. The topological polar surface area (TPSA) is 93.5 Å². The van der Waals surface area contributed by atoms with Crippen LogP contribution in [0.3, 0.4) is 0 Å². The number of carbonyl (C=O) groups excluding carboxylic acids is 1. The summed E-state index contributed by atoms with van der Waals surface area (Å²) in [5, 5.41) is 2.74. The van der Waals surface area contributed by atoms with Crippen LogP contribution in [0.5, 0.6) is 5.75 Å². The van der Waals surface area contributed by atoms with Crippen molar-refractivity contribution < 1.29 is 17.9 Å². The number of amides is 1. The van der Waals surface area contributed by atoms with Crippen LogP contribution in [-0.4, -0.2) is 50.3 Å². The van der Waals surface area contributed by atoms with Crippen molar-refractivity contribution in [3.05, 3.63) is 43.0 Å². The number of aromatic nitrogens is 2. The molecule has 1 aromatic carbocycles. The second kappa shape index (κ2) is 8.52. The summed E-state index contributed by atoms with van der Waals surface area (Å²) in [5.41, 5.74) is 0.414. The zero-order valence-electron chi connectivity index (χ0n) is 14.3. The van der Waals surface area contributed by atoms with E-state index >= 15 is 0 Å². The predicted molar refractivity (Wildman–Crippen MR) is 95.0 cm³/mol. The van der Waals surface area contributed by atoms with Gasteiger partial charge in [-0.2, -0.15) is 0 Å². The van der Waals surface area contributed by atoms with Crippen molar-refractivity contribution >= 4 is 21.6 Å². The molecule has 0 saturated heterocycles. The molecule has 0 radical (unpaired) electrons. The number of nitrogens with one attached hydrogen (secondary N) is 1. The first-order valence-electron chi connectivity index (χ1n) is 7.74. The van der Waals surface area contributed by atoms with Crippen LogP contribution in [0.4, 0.5) is 5.69 Å². The van der Waals surface area contributed by atoms with Gasteiger partial charge in [-0.1, -0.05) is 0 Å². The van der Waals surface area contributed by atoms with Gasteiger partial charge in [0.05, 0.1) is 25.4 Å². The molecule has 2 aromatic rings. The van der Waals surface area contributed by atoms with Gasteiger partial charge in [0, 0.05) is 25.5 Å². The number of nitrogens with zero attached hydrogens (tertiary/aromatic N) is 3. The number of hydrogen-bond acceptors (Lipinski definition) is 5. The lowest BCUT2D eigenvalue weighted by Crippen LogP contribution is -2.40. The Labute approximate surface area is 147 Å². The summed E-state index contributed by atoms with van der Waals surface area (Å²) in [4.78, 5) is 16.0. The minimum absolute atomic E-state index is 0.268. The van der Waals surface area contributed by atoms with Crippen molar-refractivity contribution in [2.45, 2.75) is 13.0 Å². The predicted octanol–water partition coefficient (Wildman–Crippen LogP) is 0.864. The molecular formula is C16H22N4O4S. The van der Waals surface area contributed by atoms with Crippen LogP contribution in [0.15, 0.2) is 43.0 Å². The Balaban J connectivity index is 1.91. The number of ether oxygens (including phenoxy) is 1. The number of carbonyl (C=O) groups is 1. The summed E-state index contributed by atoms with van der Waals surface area (Å²) in [6.45, 7) is 0.919. The van der Waals surface area contributed by atoms with Gasteiger partial charge in [0.1, 0.15) is 12.3 Å². The van der Waals surface area contributed by atoms with Gasteiger partial charge >= 0.3 is 0 Å². The number of methoxy groups -OCH3 is 1. The number of aryl methyl sites for hydroxylation is 1. The number of benzene rings is 1. The Morgan fingerprint density at radius 1 is 1.32 bits per heavy atom. The van der Waals surface area contributed by atoms with E-state index in [1.54, 1.807) is 36.8 Å². The summed E-state index contributed by atoms with van der Waals surface area (Å²) >= 11 is 0. The molecule has 0 spiro atoms. The van der Waals surface area contributed by atoms with Crippen molar-refractivity contribution in [1.29, 1.82) is 0 Å². The molecule has 0 aliphatic carbocycles. The molecular weight excluding hydrogens is 344 g/mol. The standard InChI is InChI=1S/C16H22N4O4S/c1-24-15-6-4-14(5-7-15)20(25(2,22)23)12-16(21)18-8-3-10-19-11-9-17-13-19/h4-7,9,11,13H,3,8,10,12H2,1-2H3,(H,18,21). The first-order valence-corrected chi connectivity index (χ1v) is 9.59. The first-order chi connectivity index (χ1) is 11.9. The number of anilines is 1. The molecule has 1 N–H and O–H groups in total. The SMILES string of the molecule is COc1ccc(N(CC(=O)NCCCn2ccnc2)S(C)(=O)=O)cc1. The third kappa shape index (κ3) is 5.79. The van der Waals surface area contributed by atoms with Gasteiger partial charge in [-0.05, 0) is 30.7 Å². The molecule has 0 bridgehead atoms. The summed E-state index contributed by atoms with van der Waals surface area (Å²) in [6, 6.07) is 6.51. The second-order valence-electron chi connectivity index (χ2n) is 5.47. The monoisotopic (exact) mass is 366 g/mol. The van der Waals surface area contributed by atoms with Crippen molar-refractivity contribution in [1.82, 2.24) is 14.9 Å². The van der Waals surface area contributed by atoms with Crippen LogP contribution in [-0.2, 0) is 21.4 Å². The molecule has 8 nitrogen and oxygen atoms in total. The highest BCUT2D eigenvalue weighted by Crippen LogP contribution is 2.21. The van der Waals surface area contributed by atoms with Crippen LogP contribution in [0.25, 0.3) is 0 Å². The summed E-state index contributed by atoms with van der Waals surface area (Å²) < 4.78 is 32.1. The lowest BCUT2D eigenvalue weighted by molar-refractivity contribution is -0.119. The number of sulfonamides is 1. The molecule has 25 heavy (non-hydrogen) atoms. The molecule has 9 heteroatoms. The fraction of sp³-hybridized carbons (Fsp3) is 0.375. The normalized spacial score (nSPS) is 11.1. The maximum absolute atomic E-state index is 12.1. The molecule has 1 heterocycles. The van der Waals surface area contributed by atoms with E-state index in [-0.39, 0.29) is 12.5 Å². The van der Waals surface area contributed by atoms with Crippen molar-refractivity contribution in [2.75, 3.05) is 30.8 Å². The van der Waals surface area contributed by atoms with Crippen LogP contribution in [0, 0.1) is 0 Å². The number of rotatable bonds is 9. The molecule has 0 unspecified atom stereocenters. The molecule has 1 amide bonds. The van der Waals surface area contributed by atoms with Gasteiger partial charge in [0.2, 0.25) is 15.9 Å². The van der Waals surface area contributed by atoms with Gasteiger partial charge in [0.15, 0.2) is 0 Å². The van der Waals surface area contributed by atoms with E-state index in [1.807, 2.05) is 10.8 Å². The number of hydrogen-bond donors (Lipinski definition) is 1. The molecule has 136 valence electrons. The van der Waals surface area contributed by atoms with Crippen LogP contribution in [0.2, 0.25) is 0 Å². The molecule has 0 fully saturated rings. The van der Waals surface area contributed by atoms with Gasteiger partial charge in [-0.25, -0.2) is 13.4 Å². The minimum Gasteiger partial charge on any atom is -0.497 e. The van der Waals surface area contributed by atoms with Gasteiger partial charge < -0.3 is 14.6 Å². The fourth-order valence-corrected chi connectivity index (χ4v) is 3.10. The van der Waals surface area contributed by atoms with Gasteiger partial charge in [-0.3, -0.25) is 9.10 Å². The molecule has 0 aliphatic heterocycles. The van der Waals surface area contributed by atoms with E-state index in [9.17, 15) is 13.2 Å². The van der Waals surface area contributed by atoms with E-state index in [2.05, 4.69) is 10.3 Å². The van der Waals surface area contributed by atoms with Gasteiger partial charge in [0.25, 0.3) is 0 Å². The van der Waals surface area contributed by atoms with E-state index in [1.165, 1.54) is 7.11 Å². The summed E-state index contributed by atoms with van der Waals surface area (Å²) in [6.07, 6.45) is 7.04. The Bertz CT molecular complexity index is 773. The lowest BCUT2D eigenvalue weighted by Gasteiger charge is -2.22. The van der Waals surface area contributed by atoms with Crippen molar-refractivity contribution in [3.63, 3.8) is 0 Å². The number of imidazole rings is 1. The van der Waals surface area contributed by atoms with Crippen LogP contribution < -0.4 is 14.4 Å². The Morgan fingerprint density at radius 2 is 2.04 bits per heavy atom. The fourth-order valence-electron chi connectivity index (χ4n) is 2.24. The Kier molecular flexibility index (Phi) is 6.40. The maximum Gasteiger partial charge on any atom is 0.240 e. The Hall–Kier alpha value is -2.55. The van der Waals surface area contributed by atoms with Crippen LogP contribution in [0.1, 0.15) is 6.42 Å². The van der Waals surface area contributed by atoms with E-state index in [4.69, 9.17) is 4.74 Å². The first kappa shape index (κ1) is 18.8. The van der Waals surface area contributed by atoms with E-state index in [0.717, 1.165) is 23.5 Å².